The van der Waals surface area contributed by atoms with Crippen molar-refractivity contribution in [2.75, 3.05) is 38.3 Å². The fourth-order valence-corrected chi connectivity index (χ4v) is 3.16. The Morgan fingerprint density at radius 3 is 2.68 bits per heavy atom. The van der Waals surface area contributed by atoms with Crippen LogP contribution in [-0.2, 0) is 11.3 Å². The van der Waals surface area contributed by atoms with E-state index in [0.717, 1.165) is 43.2 Å². The van der Waals surface area contributed by atoms with Crippen LogP contribution in [0.15, 0.2) is 24.3 Å². The molecule has 1 saturated heterocycles. The van der Waals surface area contributed by atoms with Gasteiger partial charge in [0.1, 0.15) is 5.75 Å². The average molecular weight is 347 g/mol. The van der Waals surface area contributed by atoms with Gasteiger partial charge in [0.05, 0.1) is 25.4 Å². The standard InChI is InChI=1S/C17H25N5O3/c1-3-25-15-7-5-4-6-14(15)12-22-16(18-19-20-22)21-10-8-17(13-23,24-2)9-11-21/h4-7,23H,3,8-13H2,1-2H3. The highest BCUT2D eigenvalue weighted by atomic mass is 16.5. The minimum Gasteiger partial charge on any atom is -0.494 e. The molecule has 1 aromatic heterocycles. The first-order valence-electron chi connectivity index (χ1n) is 8.59. The Bertz CT molecular complexity index is 676. The maximum atomic E-state index is 9.59. The number of anilines is 1. The molecule has 0 spiro atoms. The zero-order chi connectivity index (χ0) is 17.7. The van der Waals surface area contributed by atoms with Crippen molar-refractivity contribution < 1.29 is 14.6 Å². The minimum atomic E-state index is -0.448. The van der Waals surface area contributed by atoms with E-state index in [1.807, 2.05) is 31.2 Å². The molecule has 1 N–H and O–H groups in total. The third kappa shape index (κ3) is 3.74. The first-order chi connectivity index (χ1) is 12.2. The fraction of sp³-hybridized carbons (Fsp3) is 0.588. The quantitative estimate of drug-likeness (QED) is 0.802. The molecular formula is C17H25N5O3. The van der Waals surface area contributed by atoms with Crippen LogP contribution in [0.4, 0.5) is 5.95 Å². The van der Waals surface area contributed by atoms with Gasteiger partial charge in [-0.15, -0.1) is 0 Å². The number of hydrogen-bond donors (Lipinski definition) is 1. The molecule has 2 heterocycles. The van der Waals surface area contributed by atoms with E-state index in [9.17, 15) is 5.11 Å². The number of benzene rings is 1. The summed E-state index contributed by atoms with van der Waals surface area (Å²) >= 11 is 0. The molecule has 136 valence electrons. The van der Waals surface area contributed by atoms with Gasteiger partial charge < -0.3 is 19.5 Å². The third-order valence-corrected chi connectivity index (χ3v) is 4.78. The Balaban J connectivity index is 1.74. The zero-order valence-electron chi connectivity index (χ0n) is 14.8. The molecule has 8 heteroatoms. The summed E-state index contributed by atoms with van der Waals surface area (Å²) in [4.78, 5) is 2.14. The second kappa shape index (κ2) is 7.79. The highest BCUT2D eigenvalue weighted by Gasteiger charge is 2.35. The predicted octanol–water partition coefficient (Wildman–Crippen LogP) is 1.10. The van der Waals surface area contributed by atoms with Gasteiger partial charge in [0.15, 0.2) is 0 Å². The monoisotopic (exact) mass is 347 g/mol. The summed E-state index contributed by atoms with van der Waals surface area (Å²) < 4.78 is 13.0. The van der Waals surface area contributed by atoms with Gasteiger partial charge in [0, 0.05) is 25.8 Å². The van der Waals surface area contributed by atoms with Crippen molar-refractivity contribution in [3.8, 4) is 5.75 Å². The van der Waals surface area contributed by atoms with Crippen molar-refractivity contribution >= 4 is 5.95 Å². The molecule has 2 aromatic rings. The van der Waals surface area contributed by atoms with Crippen LogP contribution in [0.2, 0.25) is 0 Å². The lowest BCUT2D eigenvalue weighted by molar-refractivity contribution is -0.0674. The van der Waals surface area contributed by atoms with Crippen LogP contribution >= 0.6 is 0 Å². The molecule has 8 nitrogen and oxygen atoms in total. The lowest BCUT2D eigenvalue weighted by atomic mass is 9.92. The van der Waals surface area contributed by atoms with Gasteiger partial charge in [-0.2, -0.15) is 0 Å². The van der Waals surface area contributed by atoms with Crippen molar-refractivity contribution in [2.45, 2.75) is 31.9 Å². The molecule has 25 heavy (non-hydrogen) atoms. The van der Waals surface area contributed by atoms with Crippen LogP contribution in [0.3, 0.4) is 0 Å². The molecule has 1 fully saturated rings. The van der Waals surface area contributed by atoms with Gasteiger partial charge >= 0.3 is 0 Å². The SMILES string of the molecule is CCOc1ccccc1Cn1nnnc1N1CCC(CO)(OC)CC1. The topological polar surface area (TPSA) is 85.5 Å². The van der Waals surface area contributed by atoms with Crippen LogP contribution in [0.1, 0.15) is 25.3 Å². The van der Waals surface area contributed by atoms with Gasteiger partial charge in [-0.25, -0.2) is 4.68 Å². The van der Waals surface area contributed by atoms with Gasteiger partial charge in [-0.1, -0.05) is 23.3 Å². The van der Waals surface area contributed by atoms with Crippen LogP contribution in [0.5, 0.6) is 5.75 Å². The first-order valence-corrected chi connectivity index (χ1v) is 8.59. The number of para-hydroxylation sites is 1. The van der Waals surface area contributed by atoms with Crippen LogP contribution in [0.25, 0.3) is 0 Å². The highest BCUT2D eigenvalue weighted by molar-refractivity contribution is 5.36. The van der Waals surface area contributed by atoms with Crippen molar-refractivity contribution in [1.82, 2.24) is 20.2 Å². The molecule has 1 aliphatic heterocycles. The number of methoxy groups -OCH3 is 1. The number of rotatable bonds is 7. The van der Waals surface area contributed by atoms with Gasteiger partial charge in [0.25, 0.3) is 0 Å². The second-order valence-electron chi connectivity index (χ2n) is 6.21. The Kier molecular flexibility index (Phi) is 5.50. The largest absolute Gasteiger partial charge is 0.494 e. The van der Waals surface area contributed by atoms with E-state index in [1.165, 1.54) is 0 Å². The van der Waals surface area contributed by atoms with Gasteiger partial charge in [-0.3, -0.25) is 0 Å². The van der Waals surface area contributed by atoms with E-state index in [1.54, 1.807) is 11.8 Å². The smallest absolute Gasteiger partial charge is 0.245 e. The third-order valence-electron chi connectivity index (χ3n) is 4.78. The zero-order valence-corrected chi connectivity index (χ0v) is 14.8. The first kappa shape index (κ1) is 17.6. The number of aliphatic hydroxyl groups is 1. The van der Waals surface area contributed by atoms with E-state index < -0.39 is 5.60 Å². The Morgan fingerprint density at radius 2 is 2.00 bits per heavy atom. The lowest BCUT2D eigenvalue weighted by Gasteiger charge is -2.39. The molecular weight excluding hydrogens is 322 g/mol. The molecule has 0 saturated carbocycles. The molecule has 3 rings (SSSR count). The number of tetrazole rings is 1. The second-order valence-corrected chi connectivity index (χ2v) is 6.21. The highest BCUT2D eigenvalue weighted by Crippen LogP contribution is 2.28. The predicted molar refractivity (Wildman–Crippen MR) is 92.8 cm³/mol. The Morgan fingerprint density at radius 1 is 1.24 bits per heavy atom. The molecule has 1 aromatic carbocycles. The van der Waals surface area contributed by atoms with Gasteiger partial charge in [-0.05, 0) is 36.3 Å². The van der Waals surface area contributed by atoms with Gasteiger partial charge in [0.2, 0.25) is 5.95 Å². The Labute approximate surface area is 147 Å². The van der Waals surface area contributed by atoms with Crippen molar-refractivity contribution in [1.29, 1.82) is 0 Å². The molecule has 0 amide bonds. The number of aliphatic hydroxyl groups excluding tert-OH is 1. The van der Waals surface area contributed by atoms with E-state index >= 15 is 0 Å². The maximum Gasteiger partial charge on any atom is 0.245 e. The van der Waals surface area contributed by atoms with E-state index in [4.69, 9.17) is 9.47 Å². The number of aromatic nitrogens is 4. The summed E-state index contributed by atoms with van der Waals surface area (Å²) in [6, 6.07) is 7.92. The minimum absolute atomic E-state index is 0.0318. The van der Waals surface area contributed by atoms with Crippen molar-refractivity contribution in [3.63, 3.8) is 0 Å². The maximum absolute atomic E-state index is 9.59. The molecule has 0 atom stereocenters. The molecule has 0 aliphatic carbocycles. The number of ether oxygens (including phenoxy) is 2. The summed E-state index contributed by atoms with van der Waals surface area (Å²) in [5.41, 5.74) is 0.590. The molecule has 0 radical (unpaired) electrons. The lowest BCUT2D eigenvalue weighted by Crippen LogP contribution is -2.48. The molecule has 0 unspecified atom stereocenters. The summed E-state index contributed by atoms with van der Waals surface area (Å²) in [6.45, 7) is 4.64. The van der Waals surface area contributed by atoms with Crippen LogP contribution in [0, 0.1) is 0 Å². The summed E-state index contributed by atoms with van der Waals surface area (Å²) in [6.07, 6.45) is 1.48. The Hall–Kier alpha value is -2.19. The van der Waals surface area contributed by atoms with E-state index in [0.29, 0.717) is 13.2 Å². The molecule has 1 aliphatic rings. The normalized spacial score (nSPS) is 16.8. The number of nitrogens with zero attached hydrogens (tertiary/aromatic N) is 5. The number of piperidine rings is 1. The fourth-order valence-electron chi connectivity index (χ4n) is 3.16. The van der Waals surface area contributed by atoms with Crippen molar-refractivity contribution in [2.24, 2.45) is 0 Å². The van der Waals surface area contributed by atoms with Crippen LogP contribution < -0.4 is 9.64 Å². The number of hydrogen-bond acceptors (Lipinski definition) is 7. The summed E-state index contributed by atoms with van der Waals surface area (Å²) in [5.74, 6) is 1.58. The molecule has 0 bridgehead atoms. The van der Waals surface area contributed by atoms with Crippen LogP contribution in [-0.4, -0.2) is 64.3 Å². The summed E-state index contributed by atoms with van der Waals surface area (Å²) in [7, 11) is 1.65. The van der Waals surface area contributed by atoms with Crippen molar-refractivity contribution in [3.05, 3.63) is 29.8 Å². The van der Waals surface area contributed by atoms with E-state index in [-0.39, 0.29) is 6.61 Å². The van der Waals surface area contributed by atoms with E-state index in [2.05, 4.69) is 20.4 Å². The summed E-state index contributed by atoms with van der Waals surface area (Å²) in [5, 5.41) is 21.8. The average Bonchev–Trinajstić information content (AvgIpc) is 3.12.